The average Bonchev–Trinajstić information content (AvgIpc) is 2.98. The number of aryl methyl sites for hydroxylation is 1. The Labute approximate surface area is 176 Å². The summed E-state index contributed by atoms with van der Waals surface area (Å²) in [5.74, 6) is 1.11. The molecule has 0 amide bonds. The van der Waals surface area contributed by atoms with Crippen molar-refractivity contribution in [2.24, 2.45) is 0 Å². The maximum Gasteiger partial charge on any atom is 0.136 e. The van der Waals surface area contributed by atoms with E-state index in [-0.39, 0.29) is 12.2 Å². The fraction of sp³-hybridized carbons (Fsp3) is 0.417. The SMILES string of the molecule is CC(O)(CC(=O)CCCc1nc2ccc(Cl)cc2n1C1CCC1)c1ccccc1. The minimum absolute atomic E-state index is 0.0770. The van der Waals surface area contributed by atoms with Gasteiger partial charge in [-0.2, -0.15) is 0 Å². The van der Waals surface area contributed by atoms with Gasteiger partial charge in [-0.15, -0.1) is 0 Å². The summed E-state index contributed by atoms with van der Waals surface area (Å²) in [7, 11) is 0. The van der Waals surface area contributed by atoms with Crippen LogP contribution in [0.25, 0.3) is 11.0 Å². The molecular weight excluding hydrogens is 384 g/mol. The second kappa shape index (κ2) is 8.29. The molecule has 152 valence electrons. The predicted molar refractivity (Wildman–Crippen MR) is 116 cm³/mol. The van der Waals surface area contributed by atoms with Gasteiger partial charge in [0.25, 0.3) is 0 Å². The van der Waals surface area contributed by atoms with Gasteiger partial charge in [-0.25, -0.2) is 4.98 Å². The number of nitrogens with zero attached hydrogens (tertiary/aromatic N) is 2. The van der Waals surface area contributed by atoms with Crippen molar-refractivity contribution in [1.82, 2.24) is 9.55 Å². The Kier molecular flexibility index (Phi) is 5.75. The van der Waals surface area contributed by atoms with Crippen LogP contribution in [0.3, 0.4) is 0 Å². The van der Waals surface area contributed by atoms with Crippen molar-refractivity contribution >= 4 is 28.4 Å². The van der Waals surface area contributed by atoms with Crippen LogP contribution in [0.15, 0.2) is 48.5 Å². The van der Waals surface area contributed by atoms with Gasteiger partial charge in [0.1, 0.15) is 11.6 Å². The fourth-order valence-corrected chi connectivity index (χ4v) is 4.33. The third-order valence-electron chi connectivity index (χ3n) is 5.96. The van der Waals surface area contributed by atoms with E-state index in [9.17, 15) is 9.90 Å². The number of imidazole rings is 1. The number of hydrogen-bond donors (Lipinski definition) is 1. The van der Waals surface area contributed by atoms with Crippen LogP contribution in [0, 0.1) is 0 Å². The van der Waals surface area contributed by atoms with Crippen LogP contribution in [0.2, 0.25) is 5.02 Å². The van der Waals surface area contributed by atoms with Crippen molar-refractivity contribution in [3.8, 4) is 0 Å². The van der Waals surface area contributed by atoms with Crippen molar-refractivity contribution in [1.29, 1.82) is 0 Å². The molecule has 1 fully saturated rings. The van der Waals surface area contributed by atoms with Crippen LogP contribution in [0.1, 0.15) is 62.9 Å². The first-order valence-corrected chi connectivity index (χ1v) is 10.8. The van der Waals surface area contributed by atoms with Crippen molar-refractivity contribution in [2.45, 2.75) is 63.5 Å². The van der Waals surface area contributed by atoms with Gasteiger partial charge in [-0.05, 0) is 56.4 Å². The maximum atomic E-state index is 12.5. The van der Waals surface area contributed by atoms with Gasteiger partial charge >= 0.3 is 0 Å². The number of carbonyl (C=O) groups is 1. The van der Waals surface area contributed by atoms with Gasteiger partial charge < -0.3 is 9.67 Å². The molecule has 0 saturated heterocycles. The number of aliphatic hydroxyl groups is 1. The molecule has 1 unspecified atom stereocenters. The molecule has 0 radical (unpaired) electrons. The molecule has 1 saturated carbocycles. The van der Waals surface area contributed by atoms with Gasteiger partial charge in [-0.3, -0.25) is 4.79 Å². The molecule has 1 N–H and O–H groups in total. The zero-order valence-electron chi connectivity index (χ0n) is 16.8. The van der Waals surface area contributed by atoms with E-state index in [1.54, 1.807) is 6.92 Å². The molecule has 0 spiro atoms. The van der Waals surface area contributed by atoms with Crippen LogP contribution >= 0.6 is 11.6 Å². The molecule has 5 heteroatoms. The Morgan fingerprint density at radius 1 is 1.24 bits per heavy atom. The fourth-order valence-electron chi connectivity index (χ4n) is 4.16. The third-order valence-corrected chi connectivity index (χ3v) is 6.19. The molecule has 3 aromatic rings. The number of aromatic nitrogens is 2. The molecule has 0 aliphatic heterocycles. The van der Waals surface area contributed by atoms with E-state index in [2.05, 4.69) is 4.57 Å². The molecule has 1 aliphatic carbocycles. The van der Waals surface area contributed by atoms with E-state index in [1.165, 1.54) is 19.3 Å². The summed E-state index contributed by atoms with van der Waals surface area (Å²) >= 11 is 6.21. The minimum atomic E-state index is -1.13. The normalized spacial score (nSPS) is 16.5. The Balaban J connectivity index is 1.42. The molecule has 1 aromatic heterocycles. The second-order valence-electron chi connectivity index (χ2n) is 8.32. The number of ketones is 1. The summed E-state index contributed by atoms with van der Waals surface area (Å²) in [5.41, 5.74) is 1.70. The number of benzene rings is 2. The molecule has 1 heterocycles. The van der Waals surface area contributed by atoms with Crippen LogP contribution in [-0.2, 0) is 16.8 Å². The Bertz CT molecular complexity index is 1010. The monoisotopic (exact) mass is 410 g/mol. The number of fused-ring (bicyclic) bond motifs is 1. The quantitative estimate of drug-likeness (QED) is 0.525. The van der Waals surface area contributed by atoms with E-state index < -0.39 is 5.60 Å². The van der Waals surface area contributed by atoms with E-state index >= 15 is 0 Å². The summed E-state index contributed by atoms with van der Waals surface area (Å²) in [4.78, 5) is 17.3. The Morgan fingerprint density at radius 2 is 2.00 bits per heavy atom. The number of carbonyl (C=O) groups excluding carboxylic acids is 1. The first-order valence-electron chi connectivity index (χ1n) is 10.4. The summed E-state index contributed by atoms with van der Waals surface area (Å²) in [6.45, 7) is 1.71. The highest BCUT2D eigenvalue weighted by Gasteiger charge is 2.27. The molecule has 1 atom stereocenters. The van der Waals surface area contributed by atoms with E-state index in [1.807, 2.05) is 48.5 Å². The summed E-state index contributed by atoms with van der Waals surface area (Å²) in [6.07, 6.45) is 5.64. The molecule has 1 aliphatic rings. The highest BCUT2D eigenvalue weighted by Crippen LogP contribution is 2.36. The van der Waals surface area contributed by atoms with Gasteiger partial charge in [0.05, 0.1) is 16.6 Å². The average molecular weight is 411 g/mol. The largest absolute Gasteiger partial charge is 0.385 e. The number of rotatable bonds is 8. The Morgan fingerprint density at radius 3 is 2.69 bits per heavy atom. The summed E-state index contributed by atoms with van der Waals surface area (Å²) < 4.78 is 2.33. The van der Waals surface area contributed by atoms with Gasteiger partial charge in [0, 0.05) is 30.3 Å². The standard InChI is InChI=1S/C24H27ClN2O2/c1-24(29,17-7-3-2-4-8-17)16-20(28)11-6-12-23-26-21-14-13-18(25)15-22(21)27(23)19-9-5-10-19/h2-4,7-8,13-15,19,29H,5-6,9-12,16H2,1H3. The van der Waals surface area contributed by atoms with Gasteiger partial charge in [-0.1, -0.05) is 41.9 Å². The molecule has 0 bridgehead atoms. The second-order valence-corrected chi connectivity index (χ2v) is 8.76. The number of Topliss-reactive ketones (excluding diaryl/α,β-unsaturated/α-hetero) is 1. The van der Waals surface area contributed by atoms with Crippen molar-refractivity contribution in [3.63, 3.8) is 0 Å². The predicted octanol–water partition coefficient (Wildman–Crippen LogP) is 5.60. The topological polar surface area (TPSA) is 55.1 Å². The third kappa shape index (κ3) is 4.39. The molecule has 4 nitrogen and oxygen atoms in total. The van der Waals surface area contributed by atoms with E-state index in [0.717, 1.165) is 40.3 Å². The maximum absolute atomic E-state index is 12.5. The highest BCUT2D eigenvalue weighted by atomic mass is 35.5. The lowest BCUT2D eigenvalue weighted by atomic mass is 9.89. The highest BCUT2D eigenvalue weighted by molar-refractivity contribution is 6.31. The Hall–Kier alpha value is -2.17. The lowest BCUT2D eigenvalue weighted by Gasteiger charge is -2.29. The lowest BCUT2D eigenvalue weighted by Crippen LogP contribution is -2.25. The van der Waals surface area contributed by atoms with Gasteiger partial charge in [0.15, 0.2) is 0 Å². The van der Waals surface area contributed by atoms with Gasteiger partial charge in [0.2, 0.25) is 0 Å². The van der Waals surface area contributed by atoms with Crippen molar-refractivity contribution < 1.29 is 9.90 Å². The molecule has 4 rings (SSSR count). The van der Waals surface area contributed by atoms with E-state index in [0.29, 0.717) is 12.5 Å². The number of halogens is 1. The van der Waals surface area contributed by atoms with Crippen LogP contribution in [0.4, 0.5) is 0 Å². The lowest BCUT2D eigenvalue weighted by molar-refractivity contribution is -0.123. The van der Waals surface area contributed by atoms with Crippen LogP contribution in [-0.4, -0.2) is 20.4 Å². The molecular formula is C24H27ClN2O2. The van der Waals surface area contributed by atoms with Crippen molar-refractivity contribution in [2.75, 3.05) is 0 Å². The minimum Gasteiger partial charge on any atom is -0.385 e. The first-order chi connectivity index (χ1) is 13.9. The number of hydrogen-bond acceptors (Lipinski definition) is 3. The smallest absolute Gasteiger partial charge is 0.136 e. The molecule has 29 heavy (non-hydrogen) atoms. The zero-order valence-corrected chi connectivity index (χ0v) is 17.5. The van der Waals surface area contributed by atoms with Crippen LogP contribution in [0.5, 0.6) is 0 Å². The van der Waals surface area contributed by atoms with E-state index in [4.69, 9.17) is 16.6 Å². The summed E-state index contributed by atoms with van der Waals surface area (Å²) in [6, 6.07) is 15.7. The van der Waals surface area contributed by atoms with Crippen molar-refractivity contribution in [3.05, 3.63) is 64.9 Å². The summed E-state index contributed by atoms with van der Waals surface area (Å²) in [5, 5.41) is 11.4. The first kappa shape index (κ1) is 20.1. The molecule has 2 aromatic carbocycles. The zero-order chi connectivity index (χ0) is 20.4. The van der Waals surface area contributed by atoms with Crippen LogP contribution < -0.4 is 0 Å².